The Morgan fingerprint density at radius 1 is 1.38 bits per heavy atom. The van der Waals surface area contributed by atoms with E-state index in [0.717, 1.165) is 10.8 Å². The van der Waals surface area contributed by atoms with E-state index in [1.165, 1.54) is 6.07 Å². The molecule has 2 rings (SSSR count). The Labute approximate surface area is 150 Å². The van der Waals surface area contributed by atoms with Crippen molar-refractivity contribution in [1.82, 2.24) is 4.90 Å². The van der Waals surface area contributed by atoms with Crippen LogP contribution in [0.15, 0.2) is 22.7 Å². The molecule has 1 saturated heterocycles. The Balaban J connectivity index is 2.05. The summed E-state index contributed by atoms with van der Waals surface area (Å²) in [5.41, 5.74) is -0.669. The Kier molecular flexibility index (Phi) is 5.68. The highest BCUT2D eigenvalue weighted by Crippen LogP contribution is 2.35. The maximum absolute atomic E-state index is 14.0. The summed E-state index contributed by atoms with van der Waals surface area (Å²) in [6, 6.07) is 4.74. The predicted octanol–water partition coefficient (Wildman–Crippen LogP) is 4.35. The fourth-order valence-corrected chi connectivity index (χ4v) is 3.26. The van der Waals surface area contributed by atoms with Crippen LogP contribution in [0, 0.1) is 11.2 Å². The number of aldehydes is 1. The van der Waals surface area contributed by atoms with Crippen LogP contribution in [0.5, 0.6) is 0 Å². The third kappa shape index (κ3) is 4.79. The minimum absolute atomic E-state index is 0.311. The van der Waals surface area contributed by atoms with Crippen molar-refractivity contribution >= 4 is 28.3 Å². The number of piperidine rings is 1. The normalized spacial score (nSPS) is 17.5. The van der Waals surface area contributed by atoms with E-state index in [-0.39, 0.29) is 11.9 Å². The molecule has 132 valence electrons. The highest BCUT2D eigenvalue weighted by atomic mass is 79.9. The zero-order valence-electron chi connectivity index (χ0n) is 14.3. The summed E-state index contributed by atoms with van der Waals surface area (Å²) in [4.78, 5) is 25.5. The van der Waals surface area contributed by atoms with Crippen LogP contribution in [0.25, 0.3) is 0 Å². The molecule has 0 saturated carbocycles. The van der Waals surface area contributed by atoms with Crippen LogP contribution in [0.3, 0.4) is 0 Å². The zero-order valence-corrected chi connectivity index (χ0v) is 15.9. The second kappa shape index (κ2) is 7.21. The quantitative estimate of drug-likeness (QED) is 0.709. The number of halogens is 2. The second-order valence-electron chi connectivity index (χ2n) is 7.36. The Morgan fingerprint density at radius 2 is 2.00 bits per heavy atom. The summed E-state index contributed by atoms with van der Waals surface area (Å²) in [5, 5.41) is 0. The van der Waals surface area contributed by atoms with Crippen molar-refractivity contribution in [2.75, 3.05) is 13.1 Å². The number of hydrogen-bond donors (Lipinski definition) is 0. The van der Waals surface area contributed by atoms with Gasteiger partial charge in [0.05, 0.1) is 0 Å². The standard InChI is InChI=1S/C18H23BrFNO3/c1-17(2,3)24-16(23)21-8-6-18(12-22,7-9-21)11-13-10-14(19)4-5-15(13)20/h4-5,10,12H,6-9,11H2,1-3H3. The third-order valence-corrected chi connectivity index (χ3v) is 4.70. The molecule has 1 fully saturated rings. The lowest BCUT2D eigenvalue weighted by Crippen LogP contribution is -2.46. The van der Waals surface area contributed by atoms with E-state index in [9.17, 15) is 14.0 Å². The minimum Gasteiger partial charge on any atom is -0.444 e. The molecular formula is C18H23BrFNO3. The fraction of sp³-hybridized carbons (Fsp3) is 0.556. The molecule has 1 aromatic carbocycles. The molecule has 6 heteroatoms. The summed E-state index contributed by atoms with van der Waals surface area (Å²) < 4.78 is 20.1. The molecule has 1 heterocycles. The molecule has 0 N–H and O–H groups in total. The first kappa shape index (κ1) is 18.9. The van der Waals surface area contributed by atoms with Crippen LogP contribution >= 0.6 is 15.9 Å². The van der Waals surface area contributed by atoms with Crippen molar-refractivity contribution in [3.8, 4) is 0 Å². The summed E-state index contributed by atoms with van der Waals surface area (Å²) in [5.74, 6) is -0.311. The van der Waals surface area contributed by atoms with E-state index in [4.69, 9.17) is 4.74 Å². The summed E-state index contributed by atoms with van der Waals surface area (Å²) in [6.07, 6.45) is 1.89. The maximum atomic E-state index is 14.0. The van der Waals surface area contributed by atoms with Crippen LogP contribution in [-0.2, 0) is 16.0 Å². The van der Waals surface area contributed by atoms with Gasteiger partial charge in [0, 0.05) is 23.0 Å². The van der Waals surface area contributed by atoms with E-state index < -0.39 is 11.0 Å². The SMILES string of the molecule is CC(C)(C)OC(=O)N1CCC(C=O)(Cc2cc(Br)ccc2F)CC1. The number of ether oxygens (including phenoxy) is 1. The third-order valence-electron chi connectivity index (χ3n) is 4.21. The number of rotatable bonds is 3. The molecule has 0 unspecified atom stereocenters. The number of likely N-dealkylation sites (tertiary alicyclic amines) is 1. The van der Waals surface area contributed by atoms with Gasteiger partial charge in [0.25, 0.3) is 0 Å². The van der Waals surface area contributed by atoms with Gasteiger partial charge in [-0.3, -0.25) is 0 Å². The monoisotopic (exact) mass is 399 g/mol. The van der Waals surface area contributed by atoms with Gasteiger partial charge < -0.3 is 14.4 Å². The van der Waals surface area contributed by atoms with E-state index >= 15 is 0 Å². The Hall–Kier alpha value is -1.43. The van der Waals surface area contributed by atoms with Gasteiger partial charge in [0.1, 0.15) is 17.7 Å². The van der Waals surface area contributed by atoms with E-state index in [1.807, 2.05) is 20.8 Å². The number of amides is 1. The van der Waals surface area contributed by atoms with Gasteiger partial charge >= 0.3 is 6.09 Å². The molecule has 0 atom stereocenters. The van der Waals surface area contributed by atoms with Gasteiger partial charge in [-0.2, -0.15) is 0 Å². The lowest BCUT2D eigenvalue weighted by atomic mass is 9.75. The van der Waals surface area contributed by atoms with Crippen LogP contribution in [0.1, 0.15) is 39.2 Å². The maximum Gasteiger partial charge on any atom is 0.410 e. The number of carbonyl (C=O) groups excluding carboxylic acids is 2. The summed E-state index contributed by atoms with van der Waals surface area (Å²) in [6.45, 7) is 6.33. The number of benzene rings is 1. The zero-order chi connectivity index (χ0) is 18.0. The predicted molar refractivity (Wildman–Crippen MR) is 93.3 cm³/mol. The van der Waals surface area contributed by atoms with Crippen LogP contribution in [0.2, 0.25) is 0 Å². The first-order valence-corrected chi connectivity index (χ1v) is 8.82. The molecular weight excluding hydrogens is 377 g/mol. The topological polar surface area (TPSA) is 46.6 Å². The summed E-state index contributed by atoms with van der Waals surface area (Å²) in [7, 11) is 0. The van der Waals surface area contributed by atoms with Gasteiger partial charge in [-0.15, -0.1) is 0 Å². The van der Waals surface area contributed by atoms with E-state index in [0.29, 0.717) is 37.9 Å². The highest BCUT2D eigenvalue weighted by molar-refractivity contribution is 9.10. The average molecular weight is 400 g/mol. The molecule has 0 aromatic heterocycles. The van der Waals surface area contributed by atoms with Gasteiger partial charge in [0.15, 0.2) is 0 Å². The molecule has 0 aliphatic carbocycles. The highest BCUT2D eigenvalue weighted by Gasteiger charge is 2.37. The number of carbonyl (C=O) groups is 2. The number of hydrogen-bond acceptors (Lipinski definition) is 3. The minimum atomic E-state index is -0.639. The number of nitrogens with zero attached hydrogens (tertiary/aromatic N) is 1. The van der Waals surface area contributed by atoms with Crippen molar-refractivity contribution in [3.63, 3.8) is 0 Å². The van der Waals surface area contributed by atoms with Gasteiger partial charge in [-0.25, -0.2) is 9.18 Å². The molecule has 0 bridgehead atoms. The van der Waals surface area contributed by atoms with Crippen LogP contribution in [-0.4, -0.2) is 36.0 Å². The van der Waals surface area contributed by atoms with Crippen LogP contribution in [0.4, 0.5) is 9.18 Å². The van der Waals surface area contributed by atoms with Crippen molar-refractivity contribution < 1.29 is 18.7 Å². The van der Waals surface area contributed by atoms with Crippen molar-refractivity contribution in [1.29, 1.82) is 0 Å². The Bertz CT molecular complexity index is 619. The van der Waals surface area contributed by atoms with Gasteiger partial charge in [0.2, 0.25) is 0 Å². The first-order chi connectivity index (χ1) is 11.1. The second-order valence-corrected chi connectivity index (χ2v) is 8.28. The first-order valence-electron chi connectivity index (χ1n) is 8.02. The average Bonchev–Trinajstić information content (AvgIpc) is 2.50. The molecule has 1 aliphatic heterocycles. The summed E-state index contributed by atoms with van der Waals surface area (Å²) >= 11 is 3.33. The molecule has 0 spiro atoms. The van der Waals surface area contributed by atoms with Gasteiger partial charge in [-0.05, 0) is 63.8 Å². The van der Waals surface area contributed by atoms with Crippen molar-refractivity contribution in [2.45, 2.75) is 45.6 Å². The molecule has 1 aromatic rings. The molecule has 24 heavy (non-hydrogen) atoms. The lowest BCUT2D eigenvalue weighted by molar-refractivity contribution is -0.118. The van der Waals surface area contributed by atoms with Crippen LogP contribution < -0.4 is 0 Å². The largest absolute Gasteiger partial charge is 0.444 e. The van der Waals surface area contributed by atoms with Gasteiger partial charge in [-0.1, -0.05) is 15.9 Å². The fourth-order valence-electron chi connectivity index (χ4n) is 2.86. The van der Waals surface area contributed by atoms with Crippen molar-refractivity contribution in [2.24, 2.45) is 5.41 Å². The molecule has 1 aliphatic rings. The van der Waals surface area contributed by atoms with E-state index in [2.05, 4.69) is 15.9 Å². The van der Waals surface area contributed by atoms with Crippen molar-refractivity contribution in [3.05, 3.63) is 34.1 Å². The smallest absolute Gasteiger partial charge is 0.410 e. The molecule has 1 amide bonds. The molecule has 0 radical (unpaired) electrons. The molecule has 4 nitrogen and oxygen atoms in total. The van der Waals surface area contributed by atoms with E-state index in [1.54, 1.807) is 17.0 Å². The Morgan fingerprint density at radius 3 is 2.54 bits per heavy atom. The lowest BCUT2D eigenvalue weighted by Gasteiger charge is -2.38.